The second kappa shape index (κ2) is 5.71. The van der Waals surface area contributed by atoms with Gasteiger partial charge in [-0.15, -0.1) is 0 Å². The molecule has 19 heavy (non-hydrogen) atoms. The molecule has 0 fully saturated rings. The molecule has 1 unspecified atom stereocenters. The van der Waals surface area contributed by atoms with Gasteiger partial charge in [0.15, 0.2) is 5.69 Å². The van der Waals surface area contributed by atoms with Gasteiger partial charge < -0.3 is 15.8 Å². The van der Waals surface area contributed by atoms with Crippen LogP contribution in [0.2, 0.25) is 0 Å². The number of anilines is 1. The van der Waals surface area contributed by atoms with Crippen LogP contribution in [0.3, 0.4) is 0 Å². The third-order valence-corrected chi connectivity index (χ3v) is 3.00. The lowest BCUT2D eigenvalue weighted by Gasteiger charge is -2.14. The largest absolute Gasteiger partial charge is 0.399 e. The van der Waals surface area contributed by atoms with Crippen LogP contribution in [0.25, 0.3) is 10.9 Å². The normalized spacial score (nSPS) is 12.5. The number of nitrogens with one attached hydrogen (secondary N) is 2. The zero-order valence-electron chi connectivity index (χ0n) is 11.1. The third kappa shape index (κ3) is 2.85. The summed E-state index contributed by atoms with van der Waals surface area (Å²) in [5.41, 5.74) is 7.49. The quantitative estimate of drug-likeness (QED) is 0.708. The Balaban J connectivity index is 2.23. The first kappa shape index (κ1) is 13.4. The fraction of sp³-hybridized carbons (Fsp3) is 0.385. The lowest BCUT2D eigenvalue weighted by Crippen LogP contribution is -2.37. The van der Waals surface area contributed by atoms with Gasteiger partial charge in [0, 0.05) is 18.2 Å². The van der Waals surface area contributed by atoms with Crippen LogP contribution in [0.15, 0.2) is 18.2 Å². The number of aromatic nitrogens is 2. The van der Waals surface area contributed by atoms with E-state index in [1.54, 1.807) is 25.3 Å². The molecule has 2 rings (SSSR count). The molecule has 0 aliphatic heterocycles. The van der Waals surface area contributed by atoms with Crippen LogP contribution in [-0.4, -0.2) is 35.9 Å². The third-order valence-electron chi connectivity index (χ3n) is 3.00. The molecule has 1 aromatic carbocycles. The minimum absolute atomic E-state index is 0.0229. The Bertz CT molecular complexity index is 579. The molecule has 1 heterocycles. The topological polar surface area (TPSA) is 93.0 Å². The van der Waals surface area contributed by atoms with Crippen molar-refractivity contribution in [2.24, 2.45) is 0 Å². The molecule has 0 aliphatic rings. The van der Waals surface area contributed by atoms with Crippen molar-refractivity contribution in [2.45, 2.75) is 19.4 Å². The van der Waals surface area contributed by atoms with Crippen LogP contribution in [0, 0.1) is 0 Å². The van der Waals surface area contributed by atoms with E-state index in [2.05, 4.69) is 15.5 Å². The summed E-state index contributed by atoms with van der Waals surface area (Å²) in [5.74, 6) is -0.222. The highest BCUT2D eigenvalue weighted by molar-refractivity contribution is 6.05. The van der Waals surface area contributed by atoms with Gasteiger partial charge in [0.05, 0.1) is 18.2 Å². The lowest BCUT2D eigenvalue weighted by atomic mass is 10.1. The Hall–Kier alpha value is -2.08. The minimum Gasteiger partial charge on any atom is -0.399 e. The number of nitrogen functional groups attached to an aromatic ring is 1. The Morgan fingerprint density at radius 3 is 3.05 bits per heavy atom. The lowest BCUT2D eigenvalue weighted by molar-refractivity contribution is 0.0891. The smallest absolute Gasteiger partial charge is 0.272 e. The zero-order chi connectivity index (χ0) is 13.8. The monoisotopic (exact) mass is 262 g/mol. The molecule has 0 radical (unpaired) electrons. The van der Waals surface area contributed by atoms with Gasteiger partial charge in [-0.25, -0.2) is 0 Å². The zero-order valence-corrected chi connectivity index (χ0v) is 11.1. The van der Waals surface area contributed by atoms with Crippen molar-refractivity contribution in [3.05, 3.63) is 23.9 Å². The molecule has 102 valence electrons. The number of H-pyrrole nitrogens is 1. The van der Waals surface area contributed by atoms with Gasteiger partial charge in [0.25, 0.3) is 5.91 Å². The molecule has 0 saturated heterocycles. The molecule has 0 bridgehead atoms. The van der Waals surface area contributed by atoms with Crippen molar-refractivity contribution in [3.8, 4) is 0 Å². The summed E-state index contributed by atoms with van der Waals surface area (Å²) in [4.78, 5) is 12.2. The molecular weight excluding hydrogens is 244 g/mol. The fourth-order valence-corrected chi connectivity index (χ4v) is 1.92. The highest BCUT2D eigenvalue weighted by Gasteiger charge is 2.17. The summed E-state index contributed by atoms with van der Waals surface area (Å²) in [6.45, 7) is 2.47. The molecule has 0 aliphatic carbocycles. The van der Waals surface area contributed by atoms with Gasteiger partial charge in [-0.3, -0.25) is 9.89 Å². The van der Waals surface area contributed by atoms with Gasteiger partial charge in [0.2, 0.25) is 0 Å². The molecule has 2 aromatic rings. The maximum atomic E-state index is 12.2. The van der Waals surface area contributed by atoms with Crippen molar-refractivity contribution in [1.29, 1.82) is 0 Å². The number of benzene rings is 1. The standard InChI is InChI=1S/C13H18N4O2/c1-3-9(7-19-2)15-13(18)12-10-6-8(14)4-5-11(10)16-17-12/h4-6,9H,3,7,14H2,1-2H3,(H,15,18)(H,16,17). The molecule has 1 amide bonds. The highest BCUT2D eigenvalue weighted by atomic mass is 16.5. The van der Waals surface area contributed by atoms with E-state index in [1.165, 1.54) is 0 Å². The second-order valence-corrected chi connectivity index (χ2v) is 4.41. The number of hydrogen-bond acceptors (Lipinski definition) is 4. The summed E-state index contributed by atoms with van der Waals surface area (Å²) in [5, 5.41) is 10.5. The predicted molar refractivity (Wildman–Crippen MR) is 73.9 cm³/mol. The summed E-state index contributed by atoms with van der Waals surface area (Å²) in [7, 11) is 1.61. The van der Waals surface area contributed by atoms with E-state index in [-0.39, 0.29) is 11.9 Å². The highest BCUT2D eigenvalue weighted by Crippen LogP contribution is 2.18. The van der Waals surface area contributed by atoms with Crippen LogP contribution < -0.4 is 11.1 Å². The number of carbonyl (C=O) groups is 1. The molecule has 1 atom stereocenters. The summed E-state index contributed by atoms with van der Waals surface area (Å²) in [6, 6.07) is 5.29. The maximum absolute atomic E-state index is 12.2. The van der Waals surface area contributed by atoms with Crippen molar-refractivity contribution < 1.29 is 9.53 Å². The van der Waals surface area contributed by atoms with E-state index in [0.717, 1.165) is 17.3 Å². The first-order valence-electron chi connectivity index (χ1n) is 6.19. The van der Waals surface area contributed by atoms with Crippen molar-refractivity contribution >= 4 is 22.5 Å². The number of rotatable bonds is 5. The van der Waals surface area contributed by atoms with Crippen molar-refractivity contribution in [2.75, 3.05) is 19.5 Å². The SMILES string of the molecule is CCC(COC)NC(=O)c1n[nH]c2ccc(N)cc12. The van der Waals surface area contributed by atoms with Gasteiger partial charge in [-0.1, -0.05) is 6.92 Å². The van der Waals surface area contributed by atoms with E-state index >= 15 is 0 Å². The summed E-state index contributed by atoms with van der Waals surface area (Å²) in [6.07, 6.45) is 0.796. The van der Waals surface area contributed by atoms with Crippen LogP contribution in [0.1, 0.15) is 23.8 Å². The number of ether oxygens (including phenoxy) is 1. The van der Waals surface area contributed by atoms with Crippen molar-refractivity contribution in [1.82, 2.24) is 15.5 Å². The number of hydrogen-bond donors (Lipinski definition) is 3. The van der Waals surface area contributed by atoms with Gasteiger partial charge in [0.1, 0.15) is 0 Å². The Morgan fingerprint density at radius 1 is 1.58 bits per heavy atom. The van der Waals surface area contributed by atoms with Crippen LogP contribution in [0.5, 0.6) is 0 Å². The van der Waals surface area contributed by atoms with E-state index in [0.29, 0.717) is 18.0 Å². The van der Waals surface area contributed by atoms with E-state index in [9.17, 15) is 4.79 Å². The molecule has 1 aromatic heterocycles. The molecule has 6 nitrogen and oxygen atoms in total. The molecular formula is C13H18N4O2. The van der Waals surface area contributed by atoms with E-state index in [4.69, 9.17) is 10.5 Å². The van der Waals surface area contributed by atoms with E-state index < -0.39 is 0 Å². The van der Waals surface area contributed by atoms with Gasteiger partial charge >= 0.3 is 0 Å². The van der Waals surface area contributed by atoms with Crippen molar-refractivity contribution in [3.63, 3.8) is 0 Å². The number of amides is 1. The number of methoxy groups -OCH3 is 1. The van der Waals surface area contributed by atoms with Gasteiger partial charge in [-0.05, 0) is 24.6 Å². The molecule has 0 saturated carbocycles. The Morgan fingerprint density at radius 2 is 2.37 bits per heavy atom. The number of carbonyl (C=O) groups excluding carboxylic acids is 1. The minimum atomic E-state index is -0.222. The summed E-state index contributed by atoms with van der Waals surface area (Å²) >= 11 is 0. The average Bonchev–Trinajstić information content (AvgIpc) is 2.81. The van der Waals surface area contributed by atoms with Crippen LogP contribution in [-0.2, 0) is 4.74 Å². The second-order valence-electron chi connectivity index (χ2n) is 4.41. The fourth-order valence-electron chi connectivity index (χ4n) is 1.92. The average molecular weight is 262 g/mol. The first-order valence-corrected chi connectivity index (χ1v) is 6.19. The number of nitrogens with zero attached hydrogens (tertiary/aromatic N) is 1. The summed E-state index contributed by atoms with van der Waals surface area (Å²) < 4.78 is 5.06. The van der Waals surface area contributed by atoms with E-state index in [1.807, 2.05) is 6.92 Å². The molecule has 4 N–H and O–H groups in total. The van der Waals surface area contributed by atoms with Gasteiger partial charge in [-0.2, -0.15) is 5.10 Å². The Labute approximate surface area is 111 Å². The predicted octanol–water partition coefficient (Wildman–Crippen LogP) is 1.30. The van der Waals surface area contributed by atoms with Crippen LogP contribution in [0.4, 0.5) is 5.69 Å². The number of fused-ring (bicyclic) bond motifs is 1. The Kier molecular flexibility index (Phi) is 4.01. The van der Waals surface area contributed by atoms with Crippen LogP contribution >= 0.6 is 0 Å². The number of aromatic amines is 1. The molecule has 0 spiro atoms. The number of nitrogens with two attached hydrogens (primary N) is 1. The molecule has 6 heteroatoms. The maximum Gasteiger partial charge on any atom is 0.272 e. The first-order chi connectivity index (χ1) is 9.15.